The van der Waals surface area contributed by atoms with E-state index in [1.165, 1.54) is 44.1 Å². The third-order valence-electron chi connectivity index (χ3n) is 5.50. The van der Waals surface area contributed by atoms with E-state index in [2.05, 4.69) is 28.4 Å². The summed E-state index contributed by atoms with van der Waals surface area (Å²) in [7, 11) is 0. The Kier molecular flexibility index (Phi) is 3.98. The quantitative estimate of drug-likeness (QED) is 0.849. The van der Waals surface area contributed by atoms with E-state index in [1.807, 2.05) is 12.1 Å². The minimum Gasteiger partial charge on any atom is -0.326 e. The van der Waals surface area contributed by atoms with Crippen molar-refractivity contribution >= 4 is 11.6 Å². The molecule has 23 heavy (non-hydrogen) atoms. The van der Waals surface area contributed by atoms with Crippen LogP contribution in [0.15, 0.2) is 35.9 Å². The lowest BCUT2D eigenvalue weighted by molar-refractivity contribution is -0.114. The Hall–Kier alpha value is -1.61. The molecule has 1 aliphatic carbocycles. The summed E-state index contributed by atoms with van der Waals surface area (Å²) < 4.78 is 0. The van der Waals surface area contributed by atoms with Crippen LogP contribution in [-0.2, 0) is 11.3 Å². The fourth-order valence-corrected chi connectivity index (χ4v) is 4.24. The highest BCUT2D eigenvalue weighted by molar-refractivity contribution is 5.88. The van der Waals surface area contributed by atoms with E-state index in [-0.39, 0.29) is 5.91 Å². The van der Waals surface area contributed by atoms with Crippen molar-refractivity contribution in [2.24, 2.45) is 5.92 Å². The summed E-state index contributed by atoms with van der Waals surface area (Å²) in [5, 5.41) is 2.84. The zero-order valence-electron chi connectivity index (χ0n) is 13.9. The van der Waals surface area contributed by atoms with Crippen molar-refractivity contribution in [2.75, 3.05) is 5.32 Å². The SMILES string of the molecule is CC(=O)Nc1ccc(CN2C3CCC2CC(=CC2CC2)C3)cc1. The van der Waals surface area contributed by atoms with Gasteiger partial charge in [0, 0.05) is 31.2 Å². The molecule has 2 atom stereocenters. The highest BCUT2D eigenvalue weighted by atomic mass is 16.1. The number of rotatable bonds is 4. The molecule has 3 aliphatic rings. The van der Waals surface area contributed by atoms with Crippen LogP contribution in [0.5, 0.6) is 0 Å². The summed E-state index contributed by atoms with van der Waals surface area (Å²) in [5.41, 5.74) is 3.97. The highest BCUT2D eigenvalue weighted by Crippen LogP contribution is 2.42. The largest absolute Gasteiger partial charge is 0.326 e. The minimum atomic E-state index is -0.0122. The van der Waals surface area contributed by atoms with Crippen molar-refractivity contribution in [1.29, 1.82) is 0 Å². The molecular formula is C20H26N2O. The molecule has 2 aliphatic heterocycles. The topological polar surface area (TPSA) is 32.3 Å². The van der Waals surface area contributed by atoms with E-state index in [4.69, 9.17) is 0 Å². The molecule has 3 nitrogen and oxygen atoms in total. The molecule has 1 saturated carbocycles. The molecule has 0 aromatic heterocycles. The third-order valence-corrected chi connectivity index (χ3v) is 5.50. The van der Waals surface area contributed by atoms with Gasteiger partial charge in [-0.2, -0.15) is 0 Å². The zero-order valence-corrected chi connectivity index (χ0v) is 13.9. The van der Waals surface area contributed by atoms with Crippen molar-refractivity contribution in [3.8, 4) is 0 Å². The number of anilines is 1. The minimum absolute atomic E-state index is 0.0122. The number of nitrogens with one attached hydrogen (secondary N) is 1. The first-order valence-corrected chi connectivity index (χ1v) is 8.99. The standard InChI is InChI=1S/C20H26N2O/c1-14(23)21-18-6-4-16(5-7-18)13-22-19-8-9-20(22)12-17(11-19)10-15-2-3-15/h4-7,10,15,19-20H,2-3,8-9,11-13H2,1H3,(H,21,23). The Balaban J connectivity index is 1.40. The van der Waals surface area contributed by atoms with Crippen molar-refractivity contribution in [1.82, 2.24) is 4.90 Å². The van der Waals surface area contributed by atoms with E-state index in [0.717, 1.165) is 30.2 Å². The maximum atomic E-state index is 11.1. The van der Waals surface area contributed by atoms with Crippen molar-refractivity contribution in [2.45, 2.75) is 64.1 Å². The fourth-order valence-electron chi connectivity index (χ4n) is 4.24. The van der Waals surface area contributed by atoms with Gasteiger partial charge >= 0.3 is 0 Å². The van der Waals surface area contributed by atoms with E-state index in [9.17, 15) is 4.79 Å². The second-order valence-electron chi connectivity index (χ2n) is 7.51. The van der Waals surface area contributed by atoms with Gasteiger partial charge in [-0.15, -0.1) is 0 Å². The number of fused-ring (bicyclic) bond motifs is 2. The fraction of sp³-hybridized carbons (Fsp3) is 0.550. The highest BCUT2D eigenvalue weighted by Gasteiger charge is 2.38. The lowest BCUT2D eigenvalue weighted by Gasteiger charge is -2.36. The number of hydrogen-bond acceptors (Lipinski definition) is 2. The number of allylic oxidation sites excluding steroid dienone is 1. The first-order valence-electron chi connectivity index (χ1n) is 8.99. The maximum Gasteiger partial charge on any atom is 0.221 e. The van der Waals surface area contributed by atoms with E-state index >= 15 is 0 Å². The monoisotopic (exact) mass is 310 g/mol. The summed E-state index contributed by atoms with van der Waals surface area (Å²) in [4.78, 5) is 13.8. The lowest BCUT2D eigenvalue weighted by atomic mass is 9.95. The zero-order chi connectivity index (χ0) is 15.8. The van der Waals surface area contributed by atoms with Gasteiger partial charge in [0.05, 0.1) is 0 Å². The number of carbonyl (C=O) groups excluding carboxylic acids is 1. The normalized spacial score (nSPS) is 27.1. The van der Waals surface area contributed by atoms with E-state index in [1.54, 1.807) is 12.5 Å². The Bertz CT molecular complexity index is 599. The first kappa shape index (κ1) is 14.9. The van der Waals surface area contributed by atoms with Gasteiger partial charge in [0.2, 0.25) is 5.91 Å². The summed E-state index contributed by atoms with van der Waals surface area (Å²) in [6, 6.07) is 9.82. The molecule has 1 N–H and O–H groups in total. The number of piperidine rings is 1. The molecule has 1 amide bonds. The summed E-state index contributed by atoms with van der Waals surface area (Å²) >= 11 is 0. The number of hydrogen-bond donors (Lipinski definition) is 1. The molecule has 2 heterocycles. The number of nitrogens with zero attached hydrogens (tertiary/aromatic N) is 1. The smallest absolute Gasteiger partial charge is 0.221 e. The van der Waals surface area contributed by atoms with Gasteiger partial charge in [0.1, 0.15) is 0 Å². The summed E-state index contributed by atoms with van der Waals surface area (Å²) in [5.74, 6) is 0.902. The van der Waals surface area contributed by atoms with Crippen molar-refractivity contribution in [3.63, 3.8) is 0 Å². The molecular weight excluding hydrogens is 284 g/mol. The van der Waals surface area contributed by atoms with Crippen LogP contribution in [0.1, 0.15) is 51.0 Å². The Labute approximate surface area is 138 Å². The van der Waals surface area contributed by atoms with Crippen LogP contribution in [0.25, 0.3) is 0 Å². The second-order valence-corrected chi connectivity index (χ2v) is 7.51. The van der Waals surface area contributed by atoms with Crippen molar-refractivity contribution in [3.05, 3.63) is 41.5 Å². The average molecular weight is 310 g/mol. The van der Waals surface area contributed by atoms with Gasteiger partial charge in [-0.05, 0) is 62.1 Å². The van der Waals surface area contributed by atoms with Gasteiger partial charge in [0.15, 0.2) is 0 Å². The first-order chi connectivity index (χ1) is 11.2. The average Bonchev–Trinajstić information content (AvgIpc) is 3.29. The van der Waals surface area contributed by atoms with Crippen LogP contribution in [-0.4, -0.2) is 22.9 Å². The van der Waals surface area contributed by atoms with Gasteiger partial charge in [-0.3, -0.25) is 9.69 Å². The summed E-state index contributed by atoms with van der Waals surface area (Å²) in [6.07, 6.45) is 10.7. The molecule has 122 valence electrons. The van der Waals surface area contributed by atoms with E-state index < -0.39 is 0 Å². The molecule has 3 heteroatoms. The van der Waals surface area contributed by atoms with E-state index in [0.29, 0.717) is 0 Å². The summed E-state index contributed by atoms with van der Waals surface area (Å²) in [6.45, 7) is 2.60. The van der Waals surface area contributed by atoms with Crippen LogP contribution in [0.3, 0.4) is 0 Å². The Morgan fingerprint density at radius 2 is 1.78 bits per heavy atom. The van der Waals surface area contributed by atoms with Crippen LogP contribution < -0.4 is 5.32 Å². The van der Waals surface area contributed by atoms with Crippen LogP contribution in [0.2, 0.25) is 0 Å². The molecule has 2 bridgehead atoms. The predicted octanol–water partition coefficient (Wildman–Crippen LogP) is 4.11. The van der Waals surface area contributed by atoms with Gasteiger partial charge in [-0.25, -0.2) is 0 Å². The third kappa shape index (κ3) is 3.50. The van der Waals surface area contributed by atoms with Crippen LogP contribution in [0.4, 0.5) is 5.69 Å². The number of benzene rings is 1. The Morgan fingerprint density at radius 1 is 1.13 bits per heavy atom. The van der Waals surface area contributed by atoms with Gasteiger partial charge in [0.25, 0.3) is 0 Å². The lowest BCUT2D eigenvalue weighted by Crippen LogP contribution is -2.39. The van der Waals surface area contributed by atoms with Crippen LogP contribution >= 0.6 is 0 Å². The van der Waals surface area contributed by atoms with Crippen LogP contribution in [0, 0.1) is 5.92 Å². The maximum absolute atomic E-state index is 11.1. The predicted molar refractivity (Wildman–Crippen MR) is 93.1 cm³/mol. The van der Waals surface area contributed by atoms with Gasteiger partial charge in [-0.1, -0.05) is 23.8 Å². The Morgan fingerprint density at radius 3 is 2.35 bits per heavy atom. The van der Waals surface area contributed by atoms with Gasteiger partial charge < -0.3 is 5.32 Å². The van der Waals surface area contributed by atoms with Crippen molar-refractivity contribution < 1.29 is 4.79 Å². The molecule has 0 radical (unpaired) electrons. The molecule has 0 spiro atoms. The molecule has 2 unspecified atom stereocenters. The molecule has 2 saturated heterocycles. The second kappa shape index (κ2) is 6.12. The molecule has 1 aromatic rings. The molecule has 1 aromatic carbocycles. The molecule has 3 fully saturated rings. The molecule has 4 rings (SSSR count). The number of carbonyl (C=O) groups is 1. The number of amides is 1.